The van der Waals surface area contributed by atoms with E-state index in [4.69, 9.17) is 14.5 Å². The topological polar surface area (TPSA) is 98.9 Å². The van der Waals surface area contributed by atoms with E-state index in [0.717, 1.165) is 84.4 Å². The molecule has 220 valence electrons. The molecule has 4 atom stereocenters. The number of aliphatic carboxylic acids is 1. The van der Waals surface area contributed by atoms with Crippen LogP contribution >= 0.6 is 11.3 Å². The maximum Gasteiger partial charge on any atom is 0.307 e. The Bertz CT molecular complexity index is 1480. The molecule has 1 N–H and O–H groups in total. The molecule has 0 spiro atoms. The number of aromatic nitrogens is 1. The fraction of sp³-hybridized carbons (Fsp3) is 0.485. The van der Waals surface area contributed by atoms with E-state index < -0.39 is 5.97 Å². The zero-order valence-electron chi connectivity index (χ0n) is 24.5. The maximum atomic E-state index is 11.8. The first kappa shape index (κ1) is 28.7. The molecule has 2 bridgehead atoms. The molecule has 0 amide bonds. The van der Waals surface area contributed by atoms with E-state index in [1.165, 1.54) is 0 Å². The summed E-state index contributed by atoms with van der Waals surface area (Å²) in [4.78, 5) is 21.4. The van der Waals surface area contributed by atoms with Crippen LogP contribution in [0.4, 0.5) is 5.13 Å². The van der Waals surface area contributed by atoms with Gasteiger partial charge in [-0.1, -0.05) is 23.8 Å². The van der Waals surface area contributed by atoms with Gasteiger partial charge in [-0.05, 0) is 69.2 Å². The summed E-state index contributed by atoms with van der Waals surface area (Å²) in [6.07, 6.45) is 2.36. The lowest BCUT2D eigenvalue weighted by molar-refractivity contribution is -0.144. The summed E-state index contributed by atoms with van der Waals surface area (Å²) >= 11 is 1.60. The van der Waals surface area contributed by atoms with E-state index in [1.807, 2.05) is 24.3 Å². The van der Waals surface area contributed by atoms with Gasteiger partial charge in [0.2, 0.25) is 0 Å². The van der Waals surface area contributed by atoms with Crippen molar-refractivity contribution in [1.82, 2.24) is 9.88 Å². The highest BCUT2D eigenvalue weighted by Crippen LogP contribution is 2.44. The Morgan fingerprint density at radius 3 is 2.55 bits per heavy atom. The molecule has 42 heavy (non-hydrogen) atoms. The molecule has 1 saturated carbocycles. The maximum absolute atomic E-state index is 11.8. The van der Waals surface area contributed by atoms with Crippen molar-refractivity contribution >= 4 is 22.4 Å². The molecular weight excluding hydrogens is 548 g/mol. The van der Waals surface area contributed by atoms with Crippen molar-refractivity contribution in [3.8, 4) is 23.1 Å². The van der Waals surface area contributed by atoms with E-state index in [2.05, 4.69) is 54.2 Å². The number of nitriles is 1. The number of rotatable bonds is 8. The number of carboxylic acid groups (broad SMARTS) is 1. The largest absolute Gasteiger partial charge is 0.488 e. The minimum Gasteiger partial charge on any atom is -0.488 e. The summed E-state index contributed by atoms with van der Waals surface area (Å²) in [5.74, 6) is 0.225. The number of carboxylic acids is 1. The Hall–Kier alpha value is -3.45. The van der Waals surface area contributed by atoms with Crippen LogP contribution in [-0.2, 0) is 22.7 Å². The predicted octanol–water partition coefficient (Wildman–Crippen LogP) is 5.73. The molecule has 2 saturated heterocycles. The first-order chi connectivity index (χ1) is 20.3. The molecular formula is C33H38N4O4S. The van der Waals surface area contributed by atoms with Gasteiger partial charge in [0, 0.05) is 49.2 Å². The lowest BCUT2D eigenvalue weighted by Gasteiger charge is -2.35. The second kappa shape index (κ2) is 12.0. The smallest absolute Gasteiger partial charge is 0.307 e. The van der Waals surface area contributed by atoms with Gasteiger partial charge in [0.05, 0.1) is 35.5 Å². The highest BCUT2D eigenvalue weighted by Gasteiger charge is 2.46. The van der Waals surface area contributed by atoms with Crippen LogP contribution in [0.15, 0.2) is 41.8 Å². The predicted molar refractivity (Wildman–Crippen MR) is 163 cm³/mol. The van der Waals surface area contributed by atoms with Crippen molar-refractivity contribution in [3.05, 3.63) is 64.0 Å². The number of hydrogen-bond acceptors (Lipinski definition) is 8. The van der Waals surface area contributed by atoms with E-state index in [9.17, 15) is 15.2 Å². The van der Waals surface area contributed by atoms with Crippen molar-refractivity contribution in [2.24, 2.45) is 17.8 Å². The third-order valence-corrected chi connectivity index (χ3v) is 9.77. The fourth-order valence-corrected chi connectivity index (χ4v) is 7.91. The number of carbonyl (C=O) groups is 1. The summed E-state index contributed by atoms with van der Waals surface area (Å²) < 4.78 is 12.2. The van der Waals surface area contributed by atoms with Crippen LogP contribution in [0, 0.1) is 36.0 Å². The second-order valence-electron chi connectivity index (χ2n) is 12.2. The molecule has 3 aliphatic rings. The average Bonchev–Trinajstić information content (AvgIpc) is 3.55. The molecule has 8 nitrogen and oxygen atoms in total. The summed E-state index contributed by atoms with van der Waals surface area (Å²) in [5, 5.41) is 22.6. The zero-order chi connectivity index (χ0) is 29.4. The summed E-state index contributed by atoms with van der Waals surface area (Å²) in [5.41, 5.74) is 5.49. The summed E-state index contributed by atoms with van der Waals surface area (Å²) in [6.45, 7) is 10.6. The number of morpholine rings is 1. The number of fused-ring (bicyclic) bond motifs is 2. The molecule has 0 radical (unpaired) electrons. The lowest BCUT2D eigenvalue weighted by atomic mass is 9.85. The monoisotopic (exact) mass is 586 g/mol. The van der Waals surface area contributed by atoms with Gasteiger partial charge in [0.1, 0.15) is 12.4 Å². The molecule has 9 heteroatoms. The van der Waals surface area contributed by atoms with Gasteiger partial charge in [-0.3, -0.25) is 9.69 Å². The van der Waals surface area contributed by atoms with Crippen LogP contribution in [0.3, 0.4) is 0 Å². The van der Waals surface area contributed by atoms with Crippen molar-refractivity contribution in [3.63, 3.8) is 0 Å². The van der Waals surface area contributed by atoms with Crippen LogP contribution in [0.1, 0.15) is 48.9 Å². The fourth-order valence-electron chi connectivity index (χ4n) is 7.06. The van der Waals surface area contributed by atoms with Crippen LogP contribution < -0.4 is 9.64 Å². The van der Waals surface area contributed by atoms with Crippen LogP contribution in [-0.4, -0.2) is 59.3 Å². The Kier molecular flexibility index (Phi) is 8.22. The minimum atomic E-state index is -0.654. The van der Waals surface area contributed by atoms with Gasteiger partial charge in [-0.15, -0.1) is 11.3 Å². The van der Waals surface area contributed by atoms with Gasteiger partial charge in [-0.25, -0.2) is 4.98 Å². The lowest BCUT2D eigenvalue weighted by Crippen LogP contribution is -2.44. The molecule has 3 heterocycles. The van der Waals surface area contributed by atoms with Gasteiger partial charge in [-0.2, -0.15) is 5.26 Å². The highest BCUT2D eigenvalue weighted by molar-refractivity contribution is 7.14. The third-order valence-electron chi connectivity index (χ3n) is 8.87. The molecule has 3 aromatic rings. The van der Waals surface area contributed by atoms with Crippen LogP contribution in [0.2, 0.25) is 0 Å². The normalized spacial score (nSPS) is 25.8. The molecule has 1 aliphatic carbocycles. The standard InChI is InChI=1S/C33H38N4O4S/c1-20-4-9-30(40-18-26-6-5-23(11-27(26)12-34)15-36-13-21(2)41-22(3)14-36)28(10-20)29-19-42-33(35-29)37-16-24-7-8-25(17-37)31(24)32(38)39/h4-6,9-11,19,21-22,24-25,31H,7-8,13-18H2,1-3H3,(H,38,39). The molecule has 4 unspecified atom stereocenters. The third kappa shape index (κ3) is 6.03. The van der Waals surface area contributed by atoms with Crippen LogP contribution in [0.25, 0.3) is 11.3 Å². The van der Waals surface area contributed by atoms with Crippen LogP contribution in [0.5, 0.6) is 5.75 Å². The highest BCUT2D eigenvalue weighted by atomic mass is 32.1. The number of nitrogens with zero attached hydrogens (tertiary/aromatic N) is 4. The number of hydrogen-bond donors (Lipinski definition) is 1. The Morgan fingerprint density at radius 2 is 1.86 bits per heavy atom. The zero-order valence-corrected chi connectivity index (χ0v) is 25.3. The van der Waals surface area contributed by atoms with E-state index >= 15 is 0 Å². The quantitative estimate of drug-likeness (QED) is 0.358. The number of aryl methyl sites for hydroxylation is 1. The van der Waals surface area contributed by atoms with Gasteiger partial charge in [0.15, 0.2) is 5.13 Å². The van der Waals surface area contributed by atoms with E-state index in [-0.39, 0.29) is 36.6 Å². The van der Waals surface area contributed by atoms with E-state index in [1.54, 1.807) is 11.3 Å². The number of benzene rings is 2. The Labute approximate surface area is 251 Å². The summed E-state index contributed by atoms with van der Waals surface area (Å²) in [6, 6.07) is 14.5. The van der Waals surface area contributed by atoms with Crippen molar-refractivity contribution in [2.45, 2.75) is 59.0 Å². The first-order valence-corrected chi connectivity index (χ1v) is 15.7. The summed E-state index contributed by atoms with van der Waals surface area (Å²) in [7, 11) is 0. The van der Waals surface area contributed by atoms with Crippen molar-refractivity contribution in [1.29, 1.82) is 5.26 Å². The second-order valence-corrected chi connectivity index (χ2v) is 13.1. The molecule has 2 aromatic carbocycles. The van der Waals surface area contributed by atoms with Gasteiger partial charge >= 0.3 is 5.97 Å². The number of anilines is 1. The number of ether oxygens (including phenoxy) is 2. The number of piperidine rings is 1. The SMILES string of the molecule is Cc1ccc(OCc2ccc(CN3CC(C)OC(C)C3)cc2C#N)c(-c2csc(N3CC4CCC(C3)C4C(=O)O)n2)c1. The molecule has 1 aromatic heterocycles. The molecule has 3 fully saturated rings. The van der Waals surface area contributed by atoms with Gasteiger partial charge in [0.25, 0.3) is 0 Å². The van der Waals surface area contributed by atoms with Crippen molar-refractivity contribution < 1.29 is 19.4 Å². The number of thiazole rings is 1. The Morgan fingerprint density at radius 1 is 1.12 bits per heavy atom. The molecule has 2 aliphatic heterocycles. The van der Waals surface area contributed by atoms with E-state index in [0.29, 0.717) is 5.56 Å². The molecule has 6 rings (SSSR count). The first-order valence-electron chi connectivity index (χ1n) is 14.8. The average molecular weight is 587 g/mol. The van der Waals surface area contributed by atoms with Gasteiger partial charge < -0.3 is 19.5 Å². The van der Waals surface area contributed by atoms with Crippen molar-refractivity contribution in [2.75, 3.05) is 31.1 Å². The Balaban J connectivity index is 1.16. The minimum absolute atomic E-state index is 0.188.